The van der Waals surface area contributed by atoms with Crippen LogP contribution in [0.3, 0.4) is 0 Å². The molecule has 2 saturated heterocycles. The second-order valence-corrected chi connectivity index (χ2v) is 8.24. The van der Waals surface area contributed by atoms with Crippen molar-refractivity contribution in [1.29, 1.82) is 5.26 Å². The van der Waals surface area contributed by atoms with Crippen LogP contribution in [-0.4, -0.2) is 49.7 Å². The number of carbonyl (C=O) groups excluding carboxylic acids is 1. The SMILES string of the molecule is Cc1oc(C(=O)N2CCC(C#N)CC2)cc1S(=O)(=O)N1CCCC1. The summed E-state index contributed by atoms with van der Waals surface area (Å²) in [4.78, 5) is 14.3. The van der Waals surface area contributed by atoms with E-state index in [-0.39, 0.29) is 28.2 Å². The van der Waals surface area contributed by atoms with Gasteiger partial charge in [0.1, 0.15) is 10.7 Å². The fourth-order valence-electron chi connectivity index (χ4n) is 3.26. The molecule has 3 heterocycles. The Hall–Kier alpha value is -1.85. The van der Waals surface area contributed by atoms with Crippen LogP contribution in [0.2, 0.25) is 0 Å². The molecule has 0 N–H and O–H groups in total. The molecular weight excluding hydrogens is 330 g/mol. The van der Waals surface area contributed by atoms with Crippen molar-refractivity contribution in [3.8, 4) is 6.07 Å². The van der Waals surface area contributed by atoms with E-state index >= 15 is 0 Å². The Morgan fingerprint density at radius 2 is 1.88 bits per heavy atom. The molecule has 1 aromatic heterocycles. The van der Waals surface area contributed by atoms with E-state index in [0.29, 0.717) is 39.0 Å². The summed E-state index contributed by atoms with van der Waals surface area (Å²) < 4.78 is 32.2. The molecule has 8 heteroatoms. The van der Waals surface area contributed by atoms with Gasteiger partial charge in [-0.05, 0) is 32.6 Å². The van der Waals surface area contributed by atoms with Crippen LogP contribution in [0.4, 0.5) is 0 Å². The molecule has 0 aromatic carbocycles. The molecule has 7 nitrogen and oxygen atoms in total. The predicted molar refractivity (Wildman–Crippen MR) is 85.7 cm³/mol. The van der Waals surface area contributed by atoms with Crippen molar-refractivity contribution in [2.45, 2.75) is 37.5 Å². The van der Waals surface area contributed by atoms with Gasteiger partial charge in [0, 0.05) is 38.2 Å². The van der Waals surface area contributed by atoms with E-state index in [0.717, 1.165) is 12.8 Å². The van der Waals surface area contributed by atoms with Crippen molar-refractivity contribution in [3.05, 3.63) is 17.6 Å². The van der Waals surface area contributed by atoms with E-state index in [9.17, 15) is 13.2 Å². The Balaban J connectivity index is 1.79. The van der Waals surface area contributed by atoms with Gasteiger partial charge in [-0.3, -0.25) is 4.79 Å². The number of nitriles is 1. The number of piperidine rings is 1. The summed E-state index contributed by atoms with van der Waals surface area (Å²) in [5.41, 5.74) is 0. The van der Waals surface area contributed by atoms with E-state index in [1.165, 1.54) is 10.4 Å². The van der Waals surface area contributed by atoms with Gasteiger partial charge in [0.05, 0.1) is 6.07 Å². The van der Waals surface area contributed by atoms with Gasteiger partial charge in [-0.2, -0.15) is 9.57 Å². The van der Waals surface area contributed by atoms with Crippen LogP contribution in [-0.2, 0) is 10.0 Å². The van der Waals surface area contributed by atoms with Crippen LogP contribution in [0, 0.1) is 24.2 Å². The number of likely N-dealkylation sites (tertiary alicyclic amines) is 1. The van der Waals surface area contributed by atoms with E-state index < -0.39 is 10.0 Å². The number of hydrogen-bond acceptors (Lipinski definition) is 5. The van der Waals surface area contributed by atoms with Crippen molar-refractivity contribution < 1.29 is 17.6 Å². The van der Waals surface area contributed by atoms with Crippen molar-refractivity contribution in [1.82, 2.24) is 9.21 Å². The normalized spacial score (nSPS) is 20.2. The van der Waals surface area contributed by atoms with Crippen LogP contribution in [0.1, 0.15) is 42.0 Å². The topological polar surface area (TPSA) is 94.6 Å². The molecule has 1 aromatic rings. The average molecular weight is 351 g/mol. The molecule has 0 bridgehead atoms. The molecule has 0 unspecified atom stereocenters. The quantitative estimate of drug-likeness (QED) is 0.827. The van der Waals surface area contributed by atoms with Crippen LogP contribution < -0.4 is 0 Å². The zero-order valence-corrected chi connectivity index (χ0v) is 14.5. The molecule has 0 atom stereocenters. The molecule has 0 radical (unpaired) electrons. The first-order valence-electron chi connectivity index (χ1n) is 8.23. The maximum absolute atomic E-state index is 12.7. The third kappa shape index (κ3) is 3.06. The third-order valence-corrected chi connectivity index (χ3v) is 6.74. The summed E-state index contributed by atoms with van der Waals surface area (Å²) in [6.45, 7) is 3.58. The zero-order valence-electron chi connectivity index (χ0n) is 13.7. The van der Waals surface area contributed by atoms with Gasteiger partial charge in [0.2, 0.25) is 10.0 Å². The maximum Gasteiger partial charge on any atom is 0.289 e. The molecule has 24 heavy (non-hydrogen) atoms. The minimum atomic E-state index is -3.60. The highest BCUT2D eigenvalue weighted by Gasteiger charge is 2.33. The number of rotatable bonds is 3. The second-order valence-electron chi connectivity index (χ2n) is 6.34. The maximum atomic E-state index is 12.7. The van der Waals surface area contributed by atoms with E-state index in [2.05, 4.69) is 6.07 Å². The summed E-state index contributed by atoms with van der Waals surface area (Å²) in [5.74, 6) is -0.0197. The lowest BCUT2D eigenvalue weighted by atomic mass is 9.98. The number of nitrogens with zero attached hydrogens (tertiary/aromatic N) is 3. The van der Waals surface area contributed by atoms with E-state index in [1.807, 2.05) is 0 Å². The first kappa shape index (κ1) is 17.0. The molecular formula is C16H21N3O4S. The van der Waals surface area contributed by atoms with Gasteiger partial charge in [0.25, 0.3) is 5.91 Å². The second kappa shape index (κ2) is 6.57. The molecule has 0 spiro atoms. The Morgan fingerprint density at radius 1 is 1.25 bits per heavy atom. The molecule has 0 aliphatic carbocycles. The molecule has 130 valence electrons. The Kier molecular flexibility index (Phi) is 4.65. The highest BCUT2D eigenvalue weighted by Crippen LogP contribution is 2.27. The van der Waals surface area contributed by atoms with E-state index in [1.54, 1.807) is 11.8 Å². The van der Waals surface area contributed by atoms with Crippen LogP contribution >= 0.6 is 0 Å². The number of furan rings is 1. The Labute approximate surface area is 141 Å². The van der Waals surface area contributed by atoms with Crippen LogP contribution in [0.15, 0.2) is 15.4 Å². The lowest BCUT2D eigenvalue weighted by molar-refractivity contribution is 0.0673. The number of hydrogen-bond donors (Lipinski definition) is 0. The van der Waals surface area contributed by atoms with Gasteiger partial charge in [-0.1, -0.05) is 0 Å². The first-order valence-corrected chi connectivity index (χ1v) is 9.67. The first-order chi connectivity index (χ1) is 11.4. The van der Waals surface area contributed by atoms with E-state index in [4.69, 9.17) is 9.68 Å². The molecule has 2 aliphatic heterocycles. The van der Waals surface area contributed by atoms with Crippen LogP contribution in [0.25, 0.3) is 0 Å². The summed E-state index contributed by atoms with van der Waals surface area (Å²) >= 11 is 0. The summed E-state index contributed by atoms with van der Waals surface area (Å²) in [6, 6.07) is 3.57. The van der Waals surface area contributed by atoms with Crippen molar-refractivity contribution in [2.24, 2.45) is 5.92 Å². The van der Waals surface area contributed by atoms with Crippen molar-refractivity contribution in [3.63, 3.8) is 0 Å². The fourth-order valence-corrected chi connectivity index (χ4v) is 4.94. The fraction of sp³-hybridized carbons (Fsp3) is 0.625. The van der Waals surface area contributed by atoms with Gasteiger partial charge in [-0.15, -0.1) is 0 Å². The summed E-state index contributed by atoms with van der Waals surface area (Å²) in [6.07, 6.45) is 2.99. The summed E-state index contributed by atoms with van der Waals surface area (Å²) in [5, 5.41) is 8.92. The monoisotopic (exact) mass is 351 g/mol. The Bertz CT molecular complexity index is 764. The predicted octanol–water partition coefficient (Wildman–Crippen LogP) is 1.75. The third-order valence-electron chi connectivity index (χ3n) is 4.73. The van der Waals surface area contributed by atoms with Crippen molar-refractivity contribution >= 4 is 15.9 Å². The van der Waals surface area contributed by atoms with Crippen LogP contribution in [0.5, 0.6) is 0 Å². The minimum absolute atomic E-state index is 0.0153. The molecule has 0 saturated carbocycles. The lowest BCUT2D eigenvalue weighted by Crippen LogP contribution is -2.38. The number of amides is 1. The smallest absolute Gasteiger partial charge is 0.289 e. The van der Waals surface area contributed by atoms with Crippen molar-refractivity contribution in [2.75, 3.05) is 26.2 Å². The highest BCUT2D eigenvalue weighted by atomic mass is 32.2. The molecule has 2 aliphatic rings. The zero-order chi connectivity index (χ0) is 17.3. The molecule has 3 rings (SSSR count). The average Bonchev–Trinajstić information content (AvgIpc) is 3.24. The standard InChI is InChI=1S/C16H21N3O4S/c1-12-15(24(21,22)19-6-2-3-7-19)10-14(23-12)16(20)18-8-4-13(11-17)5-9-18/h10,13H,2-9H2,1H3. The molecule has 2 fully saturated rings. The Morgan fingerprint density at radius 3 is 2.46 bits per heavy atom. The highest BCUT2D eigenvalue weighted by molar-refractivity contribution is 7.89. The minimum Gasteiger partial charge on any atom is -0.455 e. The number of carbonyl (C=O) groups is 1. The number of sulfonamides is 1. The van der Waals surface area contributed by atoms with Gasteiger partial charge >= 0.3 is 0 Å². The lowest BCUT2D eigenvalue weighted by Gasteiger charge is -2.28. The van der Waals surface area contributed by atoms with Gasteiger partial charge in [0.15, 0.2) is 5.76 Å². The van der Waals surface area contributed by atoms with Gasteiger partial charge in [-0.25, -0.2) is 8.42 Å². The number of aryl methyl sites for hydroxylation is 1. The van der Waals surface area contributed by atoms with Gasteiger partial charge < -0.3 is 9.32 Å². The largest absolute Gasteiger partial charge is 0.455 e. The molecule has 1 amide bonds. The summed E-state index contributed by atoms with van der Waals surface area (Å²) in [7, 11) is -3.60.